The molecule has 8 heteroatoms. The summed E-state index contributed by atoms with van der Waals surface area (Å²) in [7, 11) is -8.97. The second-order valence-electron chi connectivity index (χ2n) is 13.8. The molecule has 0 spiro atoms. The lowest BCUT2D eigenvalue weighted by molar-refractivity contribution is 0.234. The van der Waals surface area contributed by atoms with Gasteiger partial charge in [0.2, 0.25) is 0 Å². The minimum Gasteiger partial charge on any atom is -0.328 e. The van der Waals surface area contributed by atoms with Crippen molar-refractivity contribution < 1.29 is 23.4 Å². The van der Waals surface area contributed by atoms with Crippen molar-refractivity contribution >= 4 is 22.9 Å². The molecular formula is C38H65O5P3. The molecule has 0 heterocycles. The molecule has 5 nitrogen and oxygen atoms in total. The minimum absolute atomic E-state index is 0.0161. The zero-order valence-corrected chi connectivity index (χ0v) is 33.0. The Balaban J connectivity index is 2.81. The molecule has 46 heavy (non-hydrogen) atoms. The van der Waals surface area contributed by atoms with Crippen LogP contribution >= 0.6 is 22.9 Å². The summed E-state index contributed by atoms with van der Waals surface area (Å²) in [5.74, 6) is -0.0161. The molecule has 0 fully saturated rings. The summed E-state index contributed by atoms with van der Waals surface area (Å²) in [5.41, 5.74) is 7.30. The van der Waals surface area contributed by atoms with Gasteiger partial charge >= 0.3 is 8.60 Å². The molecule has 2 aromatic rings. The highest BCUT2D eigenvalue weighted by Gasteiger charge is 2.58. The van der Waals surface area contributed by atoms with Crippen LogP contribution in [-0.2, 0) is 20.1 Å². The van der Waals surface area contributed by atoms with E-state index in [4.69, 9.17) is 4.52 Å². The smallest absolute Gasteiger partial charge is 0.327 e. The molecule has 3 unspecified atom stereocenters. The van der Waals surface area contributed by atoms with Crippen LogP contribution < -0.4 is 0 Å². The van der Waals surface area contributed by atoms with Crippen LogP contribution in [0.25, 0.3) is 0 Å². The quantitative estimate of drug-likeness (QED) is 0.0893. The molecule has 0 saturated carbocycles. The molecule has 0 amide bonds. The topological polar surface area (TPSA) is 83.8 Å². The van der Waals surface area contributed by atoms with E-state index < -0.39 is 27.8 Å². The summed E-state index contributed by atoms with van der Waals surface area (Å²) in [6.07, 6.45) is 12.0. The molecule has 0 aliphatic carbocycles. The van der Waals surface area contributed by atoms with Crippen molar-refractivity contribution in [3.63, 3.8) is 0 Å². The normalized spacial score (nSPS) is 16.6. The first-order chi connectivity index (χ1) is 21.8. The fourth-order valence-corrected chi connectivity index (χ4v) is 18.1. The summed E-state index contributed by atoms with van der Waals surface area (Å²) >= 11 is 0. The molecule has 2 N–H and O–H groups in total. The Hall–Kier alpha value is -0.790. The minimum atomic E-state index is -3.14. The van der Waals surface area contributed by atoms with E-state index in [1.54, 1.807) is 0 Å². The Kier molecular flexibility index (Phi) is 18.0. The van der Waals surface area contributed by atoms with Gasteiger partial charge in [0.1, 0.15) is 19.2 Å². The van der Waals surface area contributed by atoms with E-state index in [-0.39, 0.29) is 12.5 Å². The van der Waals surface area contributed by atoms with Crippen molar-refractivity contribution in [1.82, 2.24) is 0 Å². The lowest BCUT2D eigenvalue weighted by Crippen LogP contribution is -2.39. The van der Waals surface area contributed by atoms with E-state index in [9.17, 15) is 9.79 Å². The van der Waals surface area contributed by atoms with Crippen molar-refractivity contribution in [2.75, 3.05) is 31.3 Å². The number of unbranched alkanes of at least 4 members (excludes halogenated alkanes) is 6. The zero-order valence-electron chi connectivity index (χ0n) is 30.3. The predicted molar refractivity (Wildman–Crippen MR) is 202 cm³/mol. The first-order valence-corrected chi connectivity index (χ1v) is 23.2. The van der Waals surface area contributed by atoms with Gasteiger partial charge in [-0.25, -0.2) is 0 Å². The highest BCUT2D eigenvalue weighted by molar-refractivity contribution is 7.83. The van der Waals surface area contributed by atoms with Gasteiger partial charge in [-0.3, -0.25) is 0 Å². The second-order valence-corrected chi connectivity index (χ2v) is 22.4. The Bertz CT molecular complexity index is 1220. The van der Waals surface area contributed by atoms with Gasteiger partial charge in [0.25, 0.3) is 0 Å². The van der Waals surface area contributed by atoms with Crippen LogP contribution in [0.1, 0.15) is 131 Å². The highest BCUT2D eigenvalue weighted by Crippen LogP contribution is 2.79. The molecule has 0 bridgehead atoms. The standard InChI is InChI=1S/C38H65O5P3/c1-9-13-15-17-21-45(41,11-3)38(30-43-44(39)40,46(42,12-4)22-18-16-14-10-2)29-36(37-27-33(7)24-34(8)28-37)20-19-35-25-31(5)23-32(6)26-35/h23-28,36,39-40H,9-22,29-30H2,1-8H3. The van der Waals surface area contributed by atoms with Gasteiger partial charge in [0.05, 0.1) is 6.61 Å². The number of rotatable bonds is 23. The average molecular weight is 695 g/mol. The average Bonchev–Trinajstić information content (AvgIpc) is 2.99. The van der Waals surface area contributed by atoms with Crippen molar-refractivity contribution in [1.29, 1.82) is 0 Å². The maximum absolute atomic E-state index is 15.7. The summed E-state index contributed by atoms with van der Waals surface area (Å²) in [6.45, 7) is 16.7. The molecule has 0 aliphatic heterocycles. The van der Waals surface area contributed by atoms with Gasteiger partial charge in [-0.1, -0.05) is 125 Å². The van der Waals surface area contributed by atoms with Crippen LogP contribution in [0.3, 0.4) is 0 Å². The molecule has 0 aliphatic rings. The summed E-state index contributed by atoms with van der Waals surface area (Å²) < 4.78 is 37.2. The van der Waals surface area contributed by atoms with Gasteiger partial charge in [-0.15, -0.1) is 0 Å². The fraction of sp³-hybridized carbons (Fsp3) is 0.684. The summed E-state index contributed by atoms with van der Waals surface area (Å²) in [6, 6.07) is 13.4. The van der Waals surface area contributed by atoms with E-state index in [1.807, 2.05) is 13.8 Å². The third kappa shape index (κ3) is 11.7. The van der Waals surface area contributed by atoms with Crippen molar-refractivity contribution in [3.05, 3.63) is 69.8 Å². The number of aryl methyl sites for hydroxylation is 5. The van der Waals surface area contributed by atoms with Crippen LogP contribution in [-0.4, -0.2) is 45.9 Å². The summed E-state index contributed by atoms with van der Waals surface area (Å²) in [4.78, 5) is 19.1. The SMILES string of the molecule is CCCCCCP(=O)(CC)C(COP(O)O)(CC(CCc1cc(C)cc(C)c1)c1cc(C)cc(C)c1)P(=O)(CC)CCCCCC. The first-order valence-electron chi connectivity index (χ1n) is 17.9. The van der Waals surface area contributed by atoms with E-state index in [2.05, 4.69) is 77.9 Å². The molecule has 3 atom stereocenters. The number of hydrogen-bond donors (Lipinski definition) is 2. The highest BCUT2D eigenvalue weighted by atomic mass is 31.2. The Morgan fingerprint density at radius 3 is 1.57 bits per heavy atom. The van der Waals surface area contributed by atoms with Crippen LogP contribution in [0, 0.1) is 27.7 Å². The van der Waals surface area contributed by atoms with Crippen LogP contribution in [0.2, 0.25) is 0 Å². The van der Waals surface area contributed by atoms with Crippen LogP contribution in [0.15, 0.2) is 36.4 Å². The second kappa shape index (κ2) is 20.0. The molecule has 0 radical (unpaired) electrons. The Morgan fingerprint density at radius 1 is 0.696 bits per heavy atom. The maximum Gasteiger partial charge on any atom is 0.327 e. The van der Waals surface area contributed by atoms with Crippen LogP contribution in [0.4, 0.5) is 0 Å². The van der Waals surface area contributed by atoms with Crippen molar-refractivity contribution in [2.24, 2.45) is 0 Å². The third-order valence-electron chi connectivity index (χ3n) is 10.0. The van der Waals surface area contributed by atoms with Crippen molar-refractivity contribution in [2.45, 2.75) is 137 Å². The molecular weight excluding hydrogens is 629 g/mol. The van der Waals surface area contributed by atoms with Crippen LogP contribution in [0.5, 0.6) is 0 Å². The monoisotopic (exact) mass is 694 g/mol. The van der Waals surface area contributed by atoms with Gasteiger partial charge < -0.3 is 23.4 Å². The number of benzene rings is 2. The van der Waals surface area contributed by atoms with E-state index in [0.29, 0.717) is 31.1 Å². The van der Waals surface area contributed by atoms with Gasteiger partial charge in [0.15, 0.2) is 0 Å². The predicted octanol–water partition coefficient (Wildman–Crippen LogP) is 11.9. The maximum atomic E-state index is 15.7. The molecule has 0 aromatic heterocycles. The zero-order chi connectivity index (χ0) is 34.4. The first kappa shape index (κ1) is 41.4. The van der Waals surface area contributed by atoms with Gasteiger partial charge in [0, 0.05) is 12.3 Å². The van der Waals surface area contributed by atoms with E-state index >= 15 is 9.13 Å². The fourth-order valence-electron chi connectivity index (χ4n) is 7.61. The van der Waals surface area contributed by atoms with Gasteiger partial charge in [-0.05, 0) is 89.2 Å². The third-order valence-corrected chi connectivity index (χ3v) is 20.4. The lowest BCUT2D eigenvalue weighted by Gasteiger charge is -2.48. The molecule has 0 saturated heterocycles. The van der Waals surface area contributed by atoms with Crippen molar-refractivity contribution in [3.8, 4) is 0 Å². The molecule has 2 rings (SSSR count). The molecule has 262 valence electrons. The lowest BCUT2D eigenvalue weighted by atomic mass is 9.86. The van der Waals surface area contributed by atoms with E-state index in [1.165, 1.54) is 33.4 Å². The Morgan fingerprint density at radius 2 is 1.15 bits per heavy atom. The Labute approximate surface area is 283 Å². The van der Waals surface area contributed by atoms with E-state index in [0.717, 1.165) is 64.2 Å². The largest absolute Gasteiger partial charge is 0.328 e. The number of hydrogen-bond acceptors (Lipinski definition) is 5. The van der Waals surface area contributed by atoms with Gasteiger partial charge in [-0.2, -0.15) is 0 Å². The summed E-state index contributed by atoms with van der Waals surface area (Å²) in [5, 5.41) is 0. The molecule has 2 aromatic carbocycles.